The fourth-order valence-electron chi connectivity index (χ4n) is 2.66. The predicted molar refractivity (Wildman–Crippen MR) is 77.2 cm³/mol. The molecule has 3 heteroatoms. The van der Waals surface area contributed by atoms with Crippen molar-refractivity contribution in [3.8, 4) is 0 Å². The second-order valence-electron chi connectivity index (χ2n) is 4.95. The van der Waals surface area contributed by atoms with Crippen molar-refractivity contribution in [3.05, 3.63) is 59.7 Å². The molecule has 0 radical (unpaired) electrons. The highest BCUT2D eigenvalue weighted by atomic mass is 16.2. The van der Waals surface area contributed by atoms with Crippen molar-refractivity contribution in [3.63, 3.8) is 0 Å². The van der Waals surface area contributed by atoms with Gasteiger partial charge in [-0.15, -0.1) is 0 Å². The van der Waals surface area contributed by atoms with Crippen molar-refractivity contribution in [2.24, 2.45) is 0 Å². The molecule has 0 aromatic heterocycles. The lowest BCUT2D eigenvalue weighted by molar-refractivity contribution is -0.119. The number of carbonyl (C=O) groups is 1. The Hall–Kier alpha value is -2.29. The van der Waals surface area contributed by atoms with Gasteiger partial charge in [0.1, 0.15) is 0 Å². The van der Waals surface area contributed by atoms with Crippen molar-refractivity contribution in [2.45, 2.75) is 12.3 Å². The van der Waals surface area contributed by atoms with Gasteiger partial charge < -0.3 is 10.6 Å². The van der Waals surface area contributed by atoms with Crippen molar-refractivity contribution in [1.29, 1.82) is 0 Å². The average molecular weight is 252 g/mol. The first-order valence-corrected chi connectivity index (χ1v) is 6.38. The van der Waals surface area contributed by atoms with E-state index in [-0.39, 0.29) is 11.8 Å². The van der Waals surface area contributed by atoms with Gasteiger partial charge in [0, 0.05) is 18.4 Å². The molecule has 0 aliphatic carbocycles. The SMILES string of the molecule is CN1C(=O)C(Cc2ccc(N)cc2)c2ccccc21. The van der Waals surface area contributed by atoms with Crippen molar-refractivity contribution >= 4 is 17.3 Å². The molecule has 1 aliphatic heterocycles. The number of nitrogens with two attached hydrogens (primary N) is 1. The third kappa shape index (κ3) is 1.97. The number of carbonyl (C=O) groups excluding carboxylic acids is 1. The summed E-state index contributed by atoms with van der Waals surface area (Å²) in [5, 5.41) is 0. The molecule has 1 atom stereocenters. The maximum absolute atomic E-state index is 12.3. The minimum absolute atomic E-state index is 0.0789. The van der Waals surface area contributed by atoms with Gasteiger partial charge in [-0.1, -0.05) is 30.3 Å². The highest BCUT2D eigenvalue weighted by Gasteiger charge is 2.34. The number of anilines is 2. The number of fused-ring (bicyclic) bond motifs is 1. The highest BCUT2D eigenvalue weighted by Crippen LogP contribution is 2.37. The van der Waals surface area contributed by atoms with Crippen LogP contribution in [0.2, 0.25) is 0 Å². The third-order valence-electron chi connectivity index (χ3n) is 3.72. The Balaban J connectivity index is 1.93. The average Bonchev–Trinajstić information content (AvgIpc) is 2.67. The van der Waals surface area contributed by atoms with Gasteiger partial charge in [0.25, 0.3) is 0 Å². The Bertz CT molecular complexity index is 619. The summed E-state index contributed by atoms with van der Waals surface area (Å²) in [6, 6.07) is 15.7. The second-order valence-corrected chi connectivity index (χ2v) is 4.95. The van der Waals surface area contributed by atoms with Gasteiger partial charge in [-0.05, 0) is 35.7 Å². The summed E-state index contributed by atoms with van der Waals surface area (Å²) >= 11 is 0. The lowest BCUT2D eigenvalue weighted by atomic mass is 9.93. The van der Waals surface area contributed by atoms with Gasteiger partial charge in [0.05, 0.1) is 5.92 Å². The van der Waals surface area contributed by atoms with E-state index in [4.69, 9.17) is 5.73 Å². The largest absolute Gasteiger partial charge is 0.399 e. The van der Waals surface area contributed by atoms with Crippen LogP contribution in [0.3, 0.4) is 0 Å². The zero-order chi connectivity index (χ0) is 13.4. The van der Waals surface area contributed by atoms with Gasteiger partial charge in [-0.3, -0.25) is 4.79 Å². The van der Waals surface area contributed by atoms with E-state index in [1.807, 2.05) is 55.6 Å². The number of amides is 1. The first kappa shape index (κ1) is 11.8. The summed E-state index contributed by atoms with van der Waals surface area (Å²) in [5.74, 6) is 0.0860. The molecule has 1 heterocycles. The summed E-state index contributed by atoms with van der Waals surface area (Å²) in [6.45, 7) is 0. The quantitative estimate of drug-likeness (QED) is 0.835. The van der Waals surface area contributed by atoms with Crippen molar-refractivity contribution < 1.29 is 4.79 Å². The maximum Gasteiger partial charge on any atom is 0.234 e. The van der Waals surface area contributed by atoms with Gasteiger partial charge in [-0.2, -0.15) is 0 Å². The second kappa shape index (κ2) is 4.43. The molecule has 1 amide bonds. The fourth-order valence-corrected chi connectivity index (χ4v) is 2.66. The van der Waals surface area contributed by atoms with Gasteiger partial charge in [-0.25, -0.2) is 0 Å². The number of rotatable bonds is 2. The Morgan fingerprint density at radius 2 is 1.79 bits per heavy atom. The number of likely N-dealkylation sites (N-methyl/N-ethyl adjacent to an activating group) is 1. The first-order valence-electron chi connectivity index (χ1n) is 6.38. The summed E-state index contributed by atoms with van der Waals surface area (Å²) < 4.78 is 0. The molecular weight excluding hydrogens is 236 g/mol. The smallest absolute Gasteiger partial charge is 0.234 e. The number of nitrogen functional groups attached to an aromatic ring is 1. The number of hydrogen-bond donors (Lipinski definition) is 1. The van der Waals surface area contributed by atoms with Crippen LogP contribution in [0.4, 0.5) is 11.4 Å². The zero-order valence-corrected chi connectivity index (χ0v) is 10.8. The molecule has 2 aromatic rings. The Morgan fingerprint density at radius 1 is 1.11 bits per heavy atom. The van der Waals surface area contributed by atoms with Crippen LogP contribution in [0.1, 0.15) is 17.0 Å². The normalized spacial score (nSPS) is 17.6. The molecule has 2 N–H and O–H groups in total. The number of para-hydroxylation sites is 1. The summed E-state index contributed by atoms with van der Waals surface area (Å²) in [6.07, 6.45) is 0.723. The van der Waals surface area contributed by atoms with E-state index in [0.717, 1.165) is 28.9 Å². The third-order valence-corrected chi connectivity index (χ3v) is 3.72. The molecule has 2 aromatic carbocycles. The zero-order valence-electron chi connectivity index (χ0n) is 10.8. The minimum Gasteiger partial charge on any atom is -0.399 e. The molecule has 3 rings (SSSR count). The predicted octanol–water partition coefficient (Wildman–Crippen LogP) is 2.57. The molecule has 0 saturated carbocycles. The van der Waals surface area contributed by atoms with Crippen LogP contribution < -0.4 is 10.6 Å². The first-order chi connectivity index (χ1) is 9.16. The number of benzene rings is 2. The fraction of sp³-hybridized carbons (Fsp3) is 0.188. The molecule has 1 aliphatic rings. The van der Waals surface area contributed by atoms with Crippen LogP contribution in [-0.4, -0.2) is 13.0 Å². The summed E-state index contributed by atoms with van der Waals surface area (Å²) in [5.41, 5.74) is 9.71. The molecule has 96 valence electrons. The van der Waals surface area contributed by atoms with Crippen molar-refractivity contribution in [1.82, 2.24) is 0 Å². The Morgan fingerprint density at radius 3 is 2.53 bits per heavy atom. The van der Waals surface area contributed by atoms with E-state index in [1.165, 1.54) is 0 Å². The summed E-state index contributed by atoms with van der Waals surface area (Å²) in [4.78, 5) is 14.1. The topological polar surface area (TPSA) is 46.3 Å². The number of hydrogen-bond acceptors (Lipinski definition) is 2. The lowest BCUT2D eigenvalue weighted by Crippen LogP contribution is -2.24. The van der Waals surface area contributed by atoms with E-state index >= 15 is 0 Å². The van der Waals surface area contributed by atoms with E-state index < -0.39 is 0 Å². The van der Waals surface area contributed by atoms with Crippen LogP contribution in [0.5, 0.6) is 0 Å². The summed E-state index contributed by atoms with van der Waals surface area (Å²) in [7, 11) is 1.84. The standard InChI is InChI=1S/C16H16N2O/c1-18-15-5-3-2-4-13(15)14(16(18)19)10-11-6-8-12(17)9-7-11/h2-9,14H,10,17H2,1H3. The van der Waals surface area contributed by atoms with E-state index in [0.29, 0.717) is 0 Å². The van der Waals surface area contributed by atoms with Crippen LogP contribution in [0, 0.1) is 0 Å². The molecule has 0 spiro atoms. The van der Waals surface area contributed by atoms with E-state index in [9.17, 15) is 4.79 Å². The van der Waals surface area contributed by atoms with E-state index in [1.54, 1.807) is 4.90 Å². The van der Waals surface area contributed by atoms with Crippen LogP contribution in [0.15, 0.2) is 48.5 Å². The van der Waals surface area contributed by atoms with Crippen LogP contribution in [0.25, 0.3) is 0 Å². The number of nitrogens with zero attached hydrogens (tertiary/aromatic N) is 1. The van der Waals surface area contributed by atoms with Gasteiger partial charge in [0.2, 0.25) is 5.91 Å². The monoisotopic (exact) mass is 252 g/mol. The molecule has 1 unspecified atom stereocenters. The molecule has 0 fully saturated rings. The Kier molecular flexibility index (Phi) is 2.75. The Labute approximate surface area is 112 Å². The highest BCUT2D eigenvalue weighted by molar-refractivity contribution is 6.04. The van der Waals surface area contributed by atoms with E-state index in [2.05, 4.69) is 0 Å². The van der Waals surface area contributed by atoms with Crippen LogP contribution in [-0.2, 0) is 11.2 Å². The van der Waals surface area contributed by atoms with Gasteiger partial charge in [0.15, 0.2) is 0 Å². The molecule has 3 nitrogen and oxygen atoms in total. The maximum atomic E-state index is 12.3. The molecule has 19 heavy (non-hydrogen) atoms. The minimum atomic E-state index is -0.0789. The van der Waals surface area contributed by atoms with Crippen LogP contribution >= 0.6 is 0 Å². The molecule has 0 saturated heterocycles. The van der Waals surface area contributed by atoms with Crippen molar-refractivity contribution in [2.75, 3.05) is 17.7 Å². The lowest BCUT2D eigenvalue weighted by Gasteiger charge is -2.11. The molecular formula is C16H16N2O. The van der Waals surface area contributed by atoms with Gasteiger partial charge >= 0.3 is 0 Å². The molecule has 0 bridgehead atoms.